The summed E-state index contributed by atoms with van der Waals surface area (Å²) in [6, 6.07) is 6.40. The lowest BCUT2D eigenvalue weighted by Crippen LogP contribution is -2.53. The second kappa shape index (κ2) is 6.99. The number of nitrogens with one attached hydrogen (secondary N) is 1. The molecule has 1 spiro atoms. The average molecular weight is 430 g/mol. The van der Waals surface area contributed by atoms with Crippen LogP contribution < -0.4 is 5.32 Å². The smallest absolute Gasteiger partial charge is 0.410 e. The van der Waals surface area contributed by atoms with Gasteiger partial charge < -0.3 is 15.0 Å². The quantitative estimate of drug-likeness (QED) is 0.656. The standard InChI is InChI=1S/C19H26BrClN2O2/c1-18(2,3)25-17(24)23-8-6-19(7-9-23)11-14(12-19)22-16-5-4-13(20)10-15(16)21/h4-5,10,14,22H,6-9,11-12H2,1-3H3. The molecule has 1 aliphatic carbocycles. The lowest BCUT2D eigenvalue weighted by Gasteiger charge is -2.52. The predicted octanol–water partition coefficient (Wildman–Crippen LogP) is 5.69. The highest BCUT2D eigenvalue weighted by molar-refractivity contribution is 9.10. The van der Waals surface area contributed by atoms with Gasteiger partial charge in [0.25, 0.3) is 0 Å². The highest BCUT2D eigenvalue weighted by Crippen LogP contribution is 2.50. The van der Waals surface area contributed by atoms with E-state index < -0.39 is 5.60 Å². The van der Waals surface area contributed by atoms with Gasteiger partial charge in [-0.3, -0.25) is 0 Å². The fourth-order valence-corrected chi connectivity index (χ4v) is 4.54. The molecular weight excluding hydrogens is 404 g/mol. The second-order valence-corrected chi connectivity index (χ2v) is 9.66. The summed E-state index contributed by atoms with van der Waals surface area (Å²) in [4.78, 5) is 14.0. The molecule has 1 aromatic rings. The number of piperidine rings is 1. The molecule has 1 aromatic carbocycles. The van der Waals surface area contributed by atoms with E-state index in [2.05, 4.69) is 21.2 Å². The molecule has 1 aliphatic heterocycles. The highest BCUT2D eigenvalue weighted by atomic mass is 79.9. The van der Waals surface area contributed by atoms with Crippen LogP contribution in [0, 0.1) is 5.41 Å². The maximum Gasteiger partial charge on any atom is 0.410 e. The maximum absolute atomic E-state index is 12.2. The number of halogens is 2. The van der Waals surface area contributed by atoms with E-state index in [-0.39, 0.29) is 6.09 Å². The zero-order valence-corrected chi connectivity index (χ0v) is 17.4. The molecule has 1 saturated carbocycles. The Morgan fingerprint density at radius 2 is 1.96 bits per heavy atom. The topological polar surface area (TPSA) is 41.6 Å². The lowest BCUT2D eigenvalue weighted by atomic mass is 9.60. The lowest BCUT2D eigenvalue weighted by molar-refractivity contribution is -0.00859. The minimum absolute atomic E-state index is 0.182. The maximum atomic E-state index is 12.2. The SMILES string of the molecule is CC(C)(C)OC(=O)N1CCC2(CC1)CC(Nc1ccc(Br)cc1Cl)C2. The third-order valence-electron chi connectivity index (χ3n) is 5.13. The number of likely N-dealkylation sites (tertiary alicyclic amines) is 1. The van der Waals surface area contributed by atoms with Crippen molar-refractivity contribution in [2.75, 3.05) is 18.4 Å². The van der Waals surface area contributed by atoms with Crippen molar-refractivity contribution in [2.45, 2.75) is 58.1 Å². The summed E-state index contributed by atoms with van der Waals surface area (Å²) in [6.07, 6.45) is 4.21. The molecule has 2 fully saturated rings. The van der Waals surface area contributed by atoms with Gasteiger partial charge in [0.05, 0.1) is 10.7 Å². The molecule has 25 heavy (non-hydrogen) atoms. The third kappa shape index (κ3) is 4.62. The Balaban J connectivity index is 1.47. The highest BCUT2D eigenvalue weighted by Gasteiger charge is 2.46. The van der Waals surface area contributed by atoms with Gasteiger partial charge in [0, 0.05) is 23.6 Å². The van der Waals surface area contributed by atoms with Crippen molar-refractivity contribution in [1.29, 1.82) is 0 Å². The number of carbonyl (C=O) groups excluding carboxylic acids is 1. The van der Waals surface area contributed by atoms with Crippen LogP contribution in [0.15, 0.2) is 22.7 Å². The number of anilines is 1. The number of carbonyl (C=O) groups is 1. The number of nitrogens with zero attached hydrogens (tertiary/aromatic N) is 1. The van der Waals surface area contributed by atoms with E-state index in [0.29, 0.717) is 11.5 Å². The van der Waals surface area contributed by atoms with Gasteiger partial charge in [-0.25, -0.2) is 4.79 Å². The first-order valence-electron chi connectivity index (χ1n) is 8.85. The van der Waals surface area contributed by atoms with Crippen molar-refractivity contribution in [1.82, 2.24) is 4.90 Å². The van der Waals surface area contributed by atoms with E-state index in [4.69, 9.17) is 16.3 Å². The Kier molecular flexibility index (Phi) is 5.27. The van der Waals surface area contributed by atoms with Crippen LogP contribution in [-0.2, 0) is 4.74 Å². The largest absolute Gasteiger partial charge is 0.444 e. The molecule has 0 bridgehead atoms. The zero-order valence-electron chi connectivity index (χ0n) is 15.1. The molecule has 0 aromatic heterocycles. The second-order valence-electron chi connectivity index (χ2n) is 8.34. The summed E-state index contributed by atoms with van der Waals surface area (Å²) in [6.45, 7) is 7.31. The van der Waals surface area contributed by atoms with Crippen LogP contribution in [0.25, 0.3) is 0 Å². The van der Waals surface area contributed by atoms with Crippen molar-refractivity contribution in [3.05, 3.63) is 27.7 Å². The zero-order chi connectivity index (χ0) is 18.2. The summed E-state index contributed by atoms with van der Waals surface area (Å²) in [5.41, 5.74) is 0.940. The third-order valence-corrected chi connectivity index (χ3v) is 5.93. The van der Waals surface area contributed by atoms with Crippen molar-refractivity contribution in [2.24, 2.45) is 5.41 Å². The summed E-state index contributed by atoms with van der Waals surface area (Å²) in [5, 5.41) is 4.30. The minimum Gasteiger partial charge on any atom is -0.444 e. The monoisotopic (exact) mass is 428 g/mol. The van der Waals surface area contributed by atoms with Gasteiger partial charge in [0.1, 0.15) is 5.60 Å². The van der Waals surface area contributed by atoms with Crippen LogP contribution in [0.5, 0.6) is 0 Å². The molecule has 1 saturated heterocycles. The summed E-state index contributed by atoms with van der Waals surface area (Å²) in [5.74, 6) is 0. The van der Waals surface area contributed by atoms with Crippen LogP contribution in [0.2, 0.25) is 5.02 Å². The first kappa shape index (κ1) is 18.8. The molecule has 0 radical (unpaired) electrons. The fourth-order valence-electron chi connectivity index (χ4n) is 3.81. The van der Waals surface area contributed by atoms with Crippen LogP contribution in [0.1, 0.15) is 46.5 Å². The molecule has 1 N–H and O–H groups in total. The number of rotatable bonds is 2. The Morgan fingerprint density at radius 1 is 1.32 bits per heavy atom. The Labute approximate surface area is 163 Å². The molecule has 4 nitrogen and oxygen atoms in total. The molecule has 1 amide bonds. The molecule has 6 heteroatoms. The minimum atomic E-state index is -0.429. The molecule has 2 aliphatic rings. The number of amides is 1. The Bertz CT molecular complexity index is 643. The molecule has 1 heterocycles. The summed E-state index contributed by atoms with van der Waals surface area (Å²) >= 11 is 9.72. The molecule has 0 atom stereocenters. The van der Waals surface area contributed by atoms with Gasteiger partial charge in [-0.05, 0) is 70.1 Å². The van der Waals surface area contributed by atoms with E-state index in [1.165, 1.54) is 0 Å². The van der Waals surface area contributed by atoms with Crippen molar-refractivity contribution < 1.29 is 9.53 Å². The van der Waals surface area contributed by atoms with E-state index in [1.54, 1.807) is 0 Å². The molecule has 0 unspecified atom stereocenters. The van der Waals surface area contributed by atoms with E-state index >= 15 is 0 Å². The first-order valence-corrected chi connectivity index (χ1v) is 10.0. The van der Waals surface area contributed by atoms with Crippen LogP contribution in [0.3, 0.4) is 0 Å². The van der Waals surface area contributed by atoms with Crippen molar-refractivity contribution in [3.63, 3.8) is 0 Å². The van der Waals surface area contributed by atoms with Crippen molar-refractivity contribution in [3.8, 4) is 0 Å². The van der Waals surface area contributed by atoms with Gasteiger partial charge in [-0.15, -0.1) is 0 Å². The molecule has 3 rings (SSSR count). The Hall–Kier alpha value is -0.940. The summed E-state index contributed by atoms with van der Waals surface area (Å²) < 4.78 is 6.46. The van der Waals surface area contributed by atoms with Crippen LogP contribution >= 0.6 is 27.5 Å². The average Bonchev–Trinajstić information content (AvgIpc) is 2.47. The molecular formula is C19H26BrClN2O2. The van der Waals surface area contributed by atoms with Gasteiger partial charge in [0.2, 0.25) is 0 Å². The van der Waals surface area contributed by atoms with E-state index in [0.717, 1.165) is 54.0 Å². The fraction of sp³-hybridized carbons (Fsp3) is 0.632. The molecule has 138 valence electrons. The number of ether oxygens (including phenoxy) is 1. The van der Waals surface area contributed by atoms with Gasteiger partial charge in [-0.2, -0.15) is 0 Å². The van der Waals surface area contributed by atoms with Gasteiger partial charge in [0.15, 0.2) is 0 Å². The summed E-state index contributed by atoms with van der Waals surface area (Å²) in [7, 11) is 0. The number of hydrogen-bond acceptors (Lipinski definition) is 3. The normalized spacial score (nSPS) is 20.3. The van der Waals surface area contributed by atoms with Crippen LogP contribution in [-0.4, -0.2) is 35.7 Å². The predicted molar refractivity (Wildman–Crippen MR) is 105 cm³/mol. The number of benzene rings is 1. The number of hydrogen-bond donors (Lipinski definition) is 1. The van der Waals surface area contributed by atoms with Crippen LogP contribution in [0.4, 0.5) is 10.5 Å². The Morgan fingerprint density at radius 3 is 2.52 bits per heavy atom. The first-order chi connectivity index (χ1) is 11.7. The van der Waals surface area contributed by atoms with Gasteiger partial charge >= 0.3 is 6.09 Å². The van der Waals surface area contributed by atoms with E-state index in [1.807, 2.05) is 43.9 Å². The van der Waals surface area contributed by atoms with Crippen molar-refractivity contribution >= 4 is 39.3 Å². The van der Waals surface area contributed by atoms with E-state index in [9.17, 15) is 4.79 Å². The van der Waals surface area contributed by atoms with Gasteiger partial charge in [-0.1, -0.05) is 27.5 Å².